The summed E-state index contributed by atoms with van der Waals surface area (Å²) in [5.41, 5.74) is 0.369. The van der Waals surface area contributed by atoms with Crippen molar-refractivity contribution in [2.45, 2.75) is 12.8 Å². The van der Waals surface area contributed by atoms with Gasteiger partial charge in [-0.15, -0.1) is 21.5 Å². The molecule has 0 bridgehead atoms. The average Bonchev–Trinajstić information content (AvgIpc) is 3.46. The second-order valence-corrected chi connectivity index (χ2v) is 7.44. The SMILES string of the molecule is COC(=O)c1ccsc1NC(=O)[C@@H]1CCCN(c2ccc(-n3cncn3)nn2)C1. The standard InChI is InChI=1S/C18H19N7O3S/c1-28-18(27)13-6-8-29-17(13)21-16(26)12-3-2-7-24(9-12)14-4-5-15(23-22-14)25-11-19-10-20-25/h4-6,8,10-12H,2-3,7,9H2,1H3,(H,21,26)/t12-/m1/s1. The number of piperidine rings is 1. The Balaban J connectivity index is 1.42. The summed E-state index contributed by atoms with van der Waals surface area (Å²) in [5.74, 6) is 0.487. The van der Waals surface area contributed by atoms with Crippen molar-refractivity contribution in [3.8, 4) is 5.82 Å². The number of nitrogens with one attached hydrogen (secondary N) is 1. The largest absolute Gasteiger partial charge is 0.465 e. The quantitative estimate of drug-likeness (QED) is 0.629. The molecule has 1 aliphatic rings. The molecule has 10 nitrogen and oxygen atoms in total. The number of rotatable bonds is 5. The fraction of sp³-hybridized carbons (Fsp3) is 0.333. The second kappa shape index (κ2) is 8.35. The van der Waals surface area contributed by atoms with Crippen LogP contribution >= 0.6 is 11.3 Å². The van der Waals surface area contributed by atoms with Crippen molar-refractivity contribution in [3.63, 3.8) is 0 Å². The van der Waals surface area contributed by atoms with Crippen molar-refractivity contribution in [2.75, 3.05) is 30.4 Å². The molecule has 0 aromatic carbocycles. The zero-order valence-electron chi connectivity index (χ0n) is 15.7. The third-order valence-corrected chi connectivity index (χ3v) is 5.54. The minimum absolute atomic E-state index is 0.116. The fourth-order valence-corrected chi connectivity index (χ4v) is 4.00. The van der Waals surface area contributed by atoms with E-state index in [-0.39, 0.29) is 11.8 Å². The van der Waals surface area contributed by atoms with Crippen LogP contribution in [0.3, 0.4) is 0 Å². The molecule has 150 valence electrons. The van der Waals surface area contributed by atoms with Gasteiger partial charge in [0.2, 0.25) is 5.91 Å². The van der Waals surface area contributed by atoms with Gasteiger partial charge >= 0.3 is 5.97 Å². The molecule has 29 heavy (non-hydrogen) atoms. The van der Waals surface area contributed by atoms with Gasteiger partial charge in [-0.3, -0.25) is 4.79 Å². The molecule has 4 heterocycles. The number of hydrogen-bond donors (Lipinski definition) is 1. The number of ether oxygens (including phenoxy) is 1. The van der Waals surface area contributed by atoms with Crippen LogP contribution in [0.4, 0.5) is 10.8 Å². The lowest BCUT2D eigenvalue weighted by atomic mass is 9.97. The van der Waals surface area contributed by atoms with E-state index in [0.717, 1.165) is 19.4 Å². The summed E-state index contributed by atoms with van der Waals surface area (Å²) in [6.45, 7) is 1.33. The van der Waals surface area contributed by atoms with E-state index in [0.29, 0.717) is 28.7 Å². The van der Waals surface area contributed by atoms with Crippen LogP contribution in [0.2, 0.25) is 0 Å². The van der Waals surface area contributed by atoms with Gasteiger partial charge in [0.05, 0.1) is 18.6 Å². The average molecular weight is 413 g/mol. The van der Waals surface area contributed by atoms with Gasteiger partial charge in [-0.2, -0.15) is 5.10 Å². The van der Waals surface area contributed by atoms with Crippen LogP contribution in [0, 0.1) is 5.92 Å². The summed E-state index contributed by atoms with van der Waals surface area (Å²) in [6, 6.07) is 5.32. The number of amides is 1. The first-order chi connectivity index (χ1) is 14.2. The van der Waals surface area contributed by atoms with Crippen LogP contribution in [-0.4, -0.2) is 57.0 Å². The normalized spacial score (nSPS) is 16.4. The fourth-order valence-electron chi connectivity index (χ4n) is 3.23. The number of hydrogen-bond acceptors (Lipinski definition) is 9. The molecule has 0 unspecified atom stereocenters. The third kappa shape index (κ3) is 4.09. The van der Waals surface area contributed by atoms with Gasteiger partial charge in [0.1, 0.15) is 17.7 Å². The van der Waals surface area contributed by atoms with Crippen LogP contribution in [0.15, 0.2) is 36.2 Å². The molecule has 1 N–H and O–H groups in total. The highest BCUT2D eigenvalue weighted by atomic mass is 32.1. The highest BCUT2D eigenvalue weighted by Crippen LogP contribution is 2.27. The number of thiophene rings is 1. The van der Waals surface area contributed by atoms with Gasteiger partial charge in [0.15, 0.2) is 11.6 Å². The maximum absolute atomic E-state index is 12.8. The van der Waals surface area contributed by atoms with E-state index in [1.807, 2.05) is 17.0 Å². The Morgan fingerprint density at radius 3 is 2.79 bits per heavy atom. The molecular weight excluding hydrogens is 394 g/mol. The van der Waals surface area contributed by atoms with Crippen molar-refractivity contribution in [2.24, 2.45) is 5.92 Å². The zero-order chi connectivity index (χ0) is 20.2. The highest BCUT2D eigenvalue weighted by Gasteiger charge is 2.28. The van der Waals surface area contributed by atoms with Crippen LogP contribution in [0.1, 0.15) is 23.2 Å². The molecule has 3 aromatic heterocycles. The molecule has 1 amide bonds. The minimum atomic E-state index is -0.463. The Bertz CT molecular complexity index is 987. The van der Waals surface area contributed by atoms with E-state index >= 15 is 0 Å². The van der Waals surface area contributed by atoms with Gasteiger partial charge in [-0.1, -0.05) is 0 Å². The van der Waals surface area contributed by atoms with Crippen LogP contribution in [-0.2, 0) is 9.53 Å². The number of anilines is 2. The summed E-state index contributed by atoms with van der Waals surface area (Å²) in [6.07, 6.45) is 4.62. The van der Waals surface area contributed by atoms with Gasteiger partial charge < -0.3 is 15.0 Å². The van der Waals surface area contributed by atoms with Crippen molar-refractivity contribution >= 4 is 34.0 Å². The molecule has 1 atom stereocenters. The van der Waals surface area contributed by atoms with Gasteiger partial charge in [0, 0.05) is 13.1 Å². The van der Waals surface area contributed by atoms with Crippen LogP contribution in [0.25, 0.3) is 5.82 Å². The number of esters is 1. The summed E-state index contributed by atoms with van der Waals surface area (Å²) in [7, 11) is 1.32. The lowest BCUT2D eigenvalue weighted by molar-refractivity contribution is -0.120. The van der Waals surface area contributed by atoms with E-state index < -0.39 is 5.97 Å². The first-order valence-corrected chi connectivity index (χ1v) is 9.94. The number of carbonyl (C=O) groups excluding carboxylic acids is 2. The molecule has 4 rings (SSSR count). The van der Waals surface area contributed by atoms with E-state index in [1.54, 1.807) is 17.8 Å². The molecule has 3 aromatic rings. The van der Waals surface area contributed by atoms with E-state index in [2.05, 4.69) is 25.6 Å². The lowest BCUT2D eigenvalue weighted by Crippen LogP contribution is -2.41. The number of aromatic nitrogens is 5. The molecule has 11 heteroatoms. The van der Waals surface area contributed by atoms with Gasteiger partial charge in [-0.05, 0) is 36.4 Å². The summed E-state index contributed by atoms with van der Waals surface area (Å²) in [4.78, 5) is 30.5. The summed E-state index contributed by atoms with van der Waals surface area (Å²) >= 11 is 1.30. The molecule has 0 spiro atoms. The molecule has 1 fully saturated rings. The van der Waals surface area contributed by atoms with Gasteiger partial charge in [0.25, 0.3) is 0 Å². The Kier molecular flexibility index (Phi) is 5.47. The molecular formula is C18H19N7O3S. The maximum atomic E-state index is 12.8. The van der Waals surface area contributed by atoms with Crippen molar-refractivity contribution in [3.05, 3.63) is 41.8 Å². The Morgan fingerprint density at radius 2 is 2.07 bits per heavy atom. The first-order valence-electron chi connectivity index (χ1n) is 9.06. The predicted octanol–water partition coefficient (Wildman–Crippen LogP) is 1.76. The number of carbonyl (C=O) groups is 2. The van der Waals surface area contributed by atoms with Crippen LogP contribution in [0.5, 0.6) is 0 Å². The minimum Gasteiger partial charge on any atom is -0.465 e. The number of methoxy groups -OCH3 is 1. The zero-order valence-corrected chi connectivity index (χ0v) is 16.5. The highest BCUT2D eigenvalue weighted by molar-refractivity contribution is 7.14. The van der Waals surface area contributed by atoms with Crippen molar-refractivity contribution in [1.82, 2.24) is 25.0 Å². The molecule has 0 saturated carbocycles. The monoisotopic (exact) mass is 413 g/mol. The van der Waals surface area contributed by atoms with Crippen molar-refractivity contribution in [1.29, 1.82) is 0 Å². The predicted molar refractivity (Wildman–Crippen MR) is 106 cm³/mol. The Morgan fingerprint density at radius 1 is 1.24 bits per heavy atom. The number of nitrogens with zero attached hydrogens (tertiary/aromatic N) is 6. The first kappa shape index (κ1) is 19.0. The van der Waals surface area contributed by atoms with Gasteiger partial charge in [-0.25, -0.2) is 14.5 Å². The topological polar surface area (TPSA) is 115 Å². The smallest absolute Gasteiger partial charge is 0.340 e. The maximum Gasteiger partial charge on any atom is 0.340 e. The molecule has 0 aliphatic carbocycles. The molecule has 0 radical (unpaired) electrons. The van der Waals surface area contributed by atoms with E-state index in [9.17, 15) is 9.59 Å². The molecule has 1 aliphatic heterocycles. The summed E-state index contributed by atoms with van der Waals surface area (Å²) in [5, 5.41) is 17.6. The summed E-state index contributed by atoms with van der Waals surface area (Å²) < 4.78 is 6.29. The van der Waals surface area contributed by atoms with Crippen LogP contribution < -0.4 is 10.2 Å². The van der Waals surface area contributed by atoms with E-state index in [1.165, 1.54) is 29.5 Å². The molecule has 1 saturated heterocycles. The third-order valence-electron chi connectivity index (χ3n) is 4.71. The Labute approximate surface area is 170 Å². The second-order valence-electron chi connectivity index (χ2n) is 6.52. The van der Waals surface area contributed by atoms with E-state index in [4.69, 9.17) is 4.74 Å². The Hall–Kier alpha value is -3.34. The van der Waals surface area contributed by atoms with Crippen molar-refractivity contribution < 1.29 is 14.3 Å². The lowest BCUT2D eigenvalue weighted by Gasteiger charge is -2.32.